The Morgan fingerprint density at radius 3 is 2.04 bits per heavy atom. The van der Waals surface area contributed by atoms with Gasteiger partial charge in [0.1, 0.15) is 12.4 Å². The van der Waals surface area contributed by atoms with Crippen molar-refractivity contribution in [3.8, 4) is 5.75 Å². The maximum Gasteiger partial charge on any atom is 0.450 e. The van der Waals surface area contributed by atoms with Crippen LogP contribution in [0.3, 0.4) is 0 Å². The van der Waals surface area contributed by atoms with E-state index in [2.05, 4.69) is 8.92 Å². The molecule has 8 nitrogen and oxygen atoms in total. The van der Waals surface area contributed by atoms with Gasteiger partial charge >= 0.3 is 32.5 Å². The molecule has 0 aromatic heterocycles. The molecule has 16 heteroatoms. The molecule has 0 fully saturated rings. The van der Waals surface area contributed by atoms with Crippen molar-refractivity contribution in [3.05, 3.63) is 29.8 Å². The summed E-state index contributed by atoms with van der Waals surface area (Å²) >= 11 is -5.09. The third kappa shape index (κ3) is 4.39. The van der Waals surface area contributed by atoms with E-state index in [0.29, 0.717) is 12.1 Å². The SMILES string of the molecule is O=C(OCCO)c1ccc(OS(=O)(=O)C(F)(F)C(F)(F)C(F)(F)S(=O)[O-])cc1. The number of benzene rings is 1. The van der Waals surface area contributed by atoms with Crippen LogP contribution in [0.15, 0.2) is 24.3 Å². The summed E-state index contributed by atoms with van der Waals surface area (Å²) in [6, 6.07) is 2.57. The number of carbonyl (C=O) groups excluding carboxylic acids is 1. The molecule has 0 aliphatic heterocycles. The van der Waals surface area contributed by atoms with E-state index < -0.39 is 62.6 Å². The number of ether oxygens (including phenoxy) is 1. The van der Waals surface area contributed by atoms with Crippen LogP contribution in [0.25, 0.3) is 0 Å². The lowest BCUT2D eigenvalue weighted by Crippen LogP contribution is -2.60. The van der Waals surface area contributed by atoms with Crippen molar-refractivity contribution in [2.24, 2.45) is 0 Å². The first-order valence-electron chi connectivity index (χ1n) is 6.66. The van der Waals surface area contributed by atoms with Crippen LogP contribution in [0.5, 0.6) is 5.75 Å². The van der Waals surface area contributed by atoms with Gasteiger partial charge in [-0.15, -0.1) is 0 Å². The minimum atomic E-state index is -6.88. The van der Waals surface area contributed by atoms with Crippen molar-refractivity contribution in [2.45, 2.75) is 16.4 Å². The maximum atomic E-state index is 13.6. The highest BCUT2D eigenvalue weighted by molar-refractivity contribution is 7.88. The summed E-state index contributed by atoms with van der Waals surface area (Å²) in [6.45, 7) is -0.921. The Morgan fingerprint density at radius 1 is 1.11 bits per heavy atom. The van der Waals surface area contributed by atoms with Crippen LogP contribution in [0, 0.1) is 0 Å². The Balaban J connectivity index is 3.13. The molecule has 1 aromatic carbocycles. The number of aliphatic hydroxyl groups excluding tert-OH is 1. The molecular formula is C12H9F6O8S2-. The summed E-state index contributed by atoms with van der Waals surface area (Å²) in [7, 11) is -6.82. The van der Waals surface area contributed by atoms with Crippen molar-refractivity contribution in [2.75, 3.05) is 13.2 Å². The van der Waals surface area contributed by atoms with Gasteiger partial charge in [-0.3, -0.25) is 4.21 Å². The topological polar surface area (TPSA) is 130 Å². The van der Waals surface area contributed by atoms with Gasteiger partial charge in [-0.1, -0.05) is 0 Å². The minimum absolute atomic E-state index is 0.288. The van der Waals surface area contributed by atoms with Crippen molar-refractivity contribution >= 4 is 27.2 Å². The molecular weight excluding hydrogens is 450 g/mol. The predicted molar refractivity (Wildman–Crippen MR) is 77.1 cm³/mol. The number of rotatable bonds is 9. The zero-order chi connectivity index (χ0) is 22.0. The summed E-state index contributed by atoms with van der Waals surface area (Å²) in [6.07, 6.45) is 0. The minimum Gasteiger partial charge on any atom is -0.768 e. The van der Waals surface area contributed by atoms with E-state index in [4.69, 9.17) is 5.11 Å². The van der Waals surface area contributed by atoms with Crippen LogP contribution in [0.4, 0.5) is 26.3 Å². The lowest BCUT2D eigenvalue weighted by atomic mass is 10.2. The summed E-state index contributed by atoms with van der Waals surface area (Å²) in [5, 5.41) is -4.61. The predicted octanol–water partition coefficient (Wildman–Crippen LogP) is 1.24. The molecule has 1 N–H and O–H groups in total. The Labute approximate surface area is 155 Å². The quantitative estimate of drug-likeness (QED) is 0.253. The van der Waals surface area contributed by atoms with E-state index in [1.54, 1.807) is 0 Å². The maximum absolute atomic E-state index is 13.6. The average Bonchev–Trinajstić information content (AvgIpc) is 2.59. The molecule has 160 valence electrons. The molecule has 1 aromatic rings. The molecule has 0 saturated carbocycles. The van der Waals surface area contributed by atoms with Crippen LogP contribution >= 0.6 is 0 Å². The van der Waals surface area contributed by atoms with E-state index in [-0.39, 0.29) is 5.56 Å². The van der Waals surface area contributed by atoms with Crippen LogP contribution < -0.4 is 4.18 Å². The molecule has 0 aliphatic carbocycles. The van der Waals surface area contributed by atoms with E-state index in [1.807, 2.05) is 0 Å². The molecule has 0 aliphatic rings. The van der Waals surface area contributed by atoms with Crippen LogP contribution in [0.1, 0.15) is 10.4 Å². The highest BCUT2D eigenvalue weighted by Gasteiger charge is 2.79. The molecule has 0 heterocycles. The Bertz CT molecular complexity index is 840. The van der Waals surface area contributed by atoms with Crippen LogP contribution in [-0.4, -0.2) is 57.9 Å². The van der Waals surface area contributed by atoms with E-state index in [1.165, 1.54) is 0 Å². The first kappa shape index (κ1) is 24.1. The molecule has 0 spiro atoms. The number of halogens is 6. The van der Waals surface area contributed by atoms with Crippen molar-refractivity contribution < 1.29 is 62.3 Å². The monoisotopic (exact) mass is 459 g/mol. The van der Waals surface area contributed by atoms with Gasteiger partial charge in [0.15, 0.2) is 0 Å². The Kier molecular flexibility index (Phi) is 7.08. The molecule has 0 bridgehead atoms. The highest BCUT2D eigenvalue weighted by atomic mass is 32.2. The fraction of sp³-hybridized carbons (Fsp3) is 0.417. The number of hydrogen-bond acceptors (Lipinski definition) is 8. The van der Waals surface area contributed by atoms with Crippen LogP contribution in [0.2, 0.25) is 0 Å². The highest BCUT2D eigenvalue weighted by Crippen LogP contribution is 2.50. The van der Waals surface area contributed by atoms with Crippen molar-refractivity contribution in [1.82, 2.24) is 0 Å². The number of alkyl halides is 6. The third-order valence-electron chi connectivity index (χ3n) is 2.87. The lowest BCUT2D eigenvalue weighted by Gasteiger charge is -2.32. The molecule has 1 rings (SSSR count). The van der Waals surface area contributed by atoms with Gasteiger partial charge in [-0.2, -0.15) is 34.8 Å². The summed E-state index contributed by atoms with van der Waals surface area (Å²) in [5.74, 6) is -8.99. The van der Waals surface area contributed by atoms with Gasteiger partial charge in [0.2, 0.25) is 0 Å². The average molecular weight is 459 g/mol. The standard InChI is InChI=1S/C12H10F6O8S2/c13-10(14,11(15,16)27(21)22)12(17,18)28(23,24)26-8-3-1-7(2-4-8)9(20)25-6-5-19/h1-4,19H,5-6H2,(H,21,22)/p-1. The summed E-state index contributed by atoms with van der Waals surface area (Å²) in [4.78, 5) is 11.4. The van der Waals surface area contributed by atoms with Crippen molar-refractivity contribution in [3.63, 3.8) is 0 Å². The largest absolute Gasteiger partial charge is 0.768 e. The zero-order valence-corrected chi connectivity index (χ0v) is 14.7. The number of carbonyl (C=O) groups is 1. The zero-order valence-electron chi connectivity index (χ0n) is 13.1. The van der Waals surface area contributed by atoms with Gasteiger partial charge in [0.05, 0.1) is 12.2 Å². The lowest BCUT2D eigenvalue weighted by molar-refractivity contribution is -0.245. The summed E-state index contributed by atoms with van der Waals surface area (Å²) < 4.78 is 131. The molecule has 1 atom stereocenters. The van der Waals surface area contributed by atoms with Gasteiger partial charge in [0.25, 0.3) is 0 Å². The van der Waals surface area contributed by atoms with Crippen LogP contribution in [-0.2, 0) is 25.9 Å². The molecule has 0 radical (unpaired) electrons. The van der Waals surface area contributed by atoms with E-state index >= 15 is 0 Å². The van der Waals surface area contributed by atoms with Gasteiger partial charge in [0, 0.05) is 11.1 Å². The smallest absolute Gasteiger partial charge is 0.450 e. The first-order chi connectivity index (χ1) is 12.6. The molecule has 0 saturated heterocycles. The second-order valence-corrected chi connectivity index (χ2v) is 7.33. The van der Waals surface area contributed by atoms with E-state index in [0.717, 1.165) is 12.1 Å². The Hall–Kier alpha value is -1.91. The van der Waals surface area contributed by atoms with Gasteiger partial charge in [-0.05, 0) is 24.3 Å². The normalized spacial score (nSPS) is 14.4. The van der Waals surface area contributed by atoms with E-state index in [9.17, 15) is 48.3 Å². The van der Waals surface area contributed by atoms with Crippen molar-refractivity contribution in [1.29, 1.82) is 0 Å². The third-order valence-corrected chi connectivity index (χ3v) is 4.85. The molecule has 1 unspecified atom stereocenters. The molecule has 0 amide bonds. The van der Waals surface area contributed by atoms with Gasteiger partial charge in [-0.25, -0.2) is 4.79 Å². The van der Waals surface area contributed by atoms with Gasteiger partial charge < -0.3 is 18.6 Å². The second-order valence-electron chi connectivity index (χ2n) is 4.76. The fourth-order valence-electron chi connectivity index (χ4n) is 1.48. The number of esters is 1. The first-order valence-corrected chi connectivity index (χ1v) is 9.15. The Morgan fingerprint density at radius 2 is 1.61 bits per heavy atom. The second kappa shape index (κ2) is 8.22. The molecule has 28 heavy (non-hydrogen) atoms. The number of aliphatic hydroxyl groups is 1. The summed E-state index contributed by atoms with van der Waals surface area (Å²) in [5.41, 5.74) is -0.288. The fourth-order valence-corrected chi connectivity index (χ4v) is 2.79. The number of hydrogen-bond donors (Lipinski definition) is 1.